The summed E-state index contributed by atoms with van der Waals surface area (Å²) >= 11 is 1.72. The van der Waals surface area contributed by atoms with E-state index in [2.05, 4.69) is 51.8 Å². The molecule has 1 aromatic rings. The average Bonchev–Trinajstić information content (AvgIpc) is 3.02. The van der Waals surface area contributed by atoms with Crippen molar-refractivity contribution in [3.8, 4) is 0 Å². The number of nitrogens with one attached hydrogen (secondary N) is 2. The topological polar surface area (TPSA) is 86.2 Å². The van der Waals surface area contributed by atoms with E-state index in [0.29, 0.717) is 35.7 Å². The number of aldehydes is 1. The van der Waals surface area contributed by atoms with Gasteiger partial charge in [-0.3, -0.25) is 14.7 Å². The number of hydrogen-bond acceptors (Lipinski definition) is 6. The zero-order valence-electron chi connectivity index (χ0n) is 24.1. The van der Waals surface area contributed by atoms with Crippen LogP contribution in [0.3, 0.4) is 0 Å². The monoisotopic (exact) mass is 549 g/mol. The van der Waals surface area contributed by atoms with Gasteiger partial charge in [-0.1, -0.05) is 80.3 Å². The molecule has 1 unspecified atom stereocenters. The summed E-state index contributed by atoms with van der Waals surface area (Å²) in [4.78, 5) is 35.5. The highest BCUT2D eigenvalue weighted by molar-refractivity contribution is 8.14. The number of hydrogen-bond donors (Lipinski definition) is 2. The van der Waals surface area contributed by atoms with Gasteiger partial charge in [-0.2, -0.15) is 0 Å². The van der Waals surface area contributed by atoms with Gasteiger partial charge >= 0.3 is 0 Å². The summed E-state index contributed by atoms with van der Waals surface area (Å²) in [5.41, 5.74) is 2.54. The predicted octanol–water partition coefficient (Wildman–Crippen LogP) is 5.78. The fraction of sp³-hybridized carbons (Fsp3) is 0.419. The van der Waals surface area contributed by atoms with Crippen molar-refractivity contribution in [2.24, 2.45) is 15.9 Å². The van der Waals surface area contributed by atoms with Gasteiger partial charge in [-0.15, -0.1) is 0 Å². The molecule has 2 rings (SSSR count). The zero-order valence-corrected chi connectivity index (χ0v) is 24.9. The highest BCUT2D eigenvalue weighted by Gasteiger charge is 2.19. The molecule has 2 atom stereocenters. The summed E-state index contributed by atoms with van der Waals surface area (Å²) < 4.78 is 0. The van der Waals surface area contributed by atoms with Crippen molar-refractivity contribution < 1.29 is 9.59 Å². The third kappa shape index (κ3) is 11.9. The van der Waals surface area contributed by atoms with Crippen LogP contribution < -0.4 is 10.6 Å². The molecule has 0 saturated carbocycles. The number of guanidine groups is 1. The van der Waals surface area contributed by atoms with E-state index >= 15 is 0 Å². The molecule has 2 N–H and O–H groups in total. The van der Waals surface area contributed by atoms with Gasteiger partial charge in [-0.25, -0.2) is 4.99 Å². The first kappa shape index (κ1) is 31.8. The van der Waals surface area contributed by atoms with E-state index in [4.69, 9.17) is 0 Å². The van der Waals surface area contributed by atoms with Crippen LogP contribution in [-0.2, 0) is 16.0 Å². The number of benzene rings is 1. The molecule has 0 aromatic heterocycles. The van der Waals surface area contributed by atoms with E-state index in [1.54, 1.807) is 31.8 Å². The number of amides is 1. The van der Waals surface area contributed by atoms with Crippen LogP contribution in [0.2, 0.25) is 0 Å². The Morgan fingerprint density at radius 3 is 2.67 bits per heavy atom. The van der Waals surface area contributed by atoms with Gasteiger partial charge in [0, 0.05) is 30.1 Å². The Hall–Kier alpha value is -3.39. The normalized spacial score (nSPS) is 18.9. The summed E-state index contributed by atoms with van der Waals surface area (Å²) in [5, 5.41) is 8.04. The number of aliphatic imine (C=N–C) groups is 2. The van der Waals surface area contributed by atoms with E-state index in [9.17, 15) is 9.59 Å². The maximum absolute atomic E-state index is 13.0. The molecule has 1 heterocycles. The lowest BCUT2D eigenvalue weighted by Crippen LogP contribution is -2.39. The Morgan fingerprint density at radius 1 is 1.26 bits per heavy atom. The molecule has 1 aromatic carbocycles. The van der Waals surface area contributed by atoms with E-state index in [0.717, 1.165) is 30.1 Å². The Morgan fingerprint density at radius 2 is 2.00 bits per heavy atom. The first-order valence-corrected chi connectivity index (χ1v) is 14.4. The molecule has 0 fully saturated rings. The van der Waals surface area contributed by atoms with Gasteiger partial charge in [0.1, 0.15) is 12.3 Å². The van der Waals surface area contributed by atoms with Crippen LogP contribution in [-0.4, -0.2) is 59.6 Å². The van der Waals surface area contributed by atoms with Gasteiger partial charge in [0.25, 0.3) is 5.91 Å². The van der Waals surface area contributed by atoms with Gasteiger partial charge < -0.3 is 15.4 Å². The first-order valence-electron chi connectivity index (χ1n) is 13.5. The maximum atomic E-state index is 13.0. The van der Waals surface area contributed by atoms with Crippen LogP contribution in [0, 0.1) is 5.92 Å². The Bertz CT molecular complexity index is 1120. The van der Waals surface area contributed by atoms with Crippen LogP contribution in [0.5, 0.6) is 0 Å². The minimum Gasteiger partial charge on any atom is -0.365 e. The van der Waals surface area contributed by atoms with Crippen molar-refractivity contribution in [2.45, 2.75) is 58.8 Å². The summed E-state index contributed by atoms with van der Waals surface area (Å²) in [6.45, 7) is 11.4. The highest BCUT2D eigenvalue weighted by atomic mass is 32.2. The first-order chi connectivity index (χ1) is 18.7. The number of likely N-dealkylation sites (N-methyl/N-ethyl adjacent to an activating group) is 1. The van der Waals surface area contributed by atoms with Crippen molar-refractivity contribution in [1.29, 1.82) is 0 Å². The van der Waals surface area contributed by atoms with Crippen molar-refractivity contribution in [3.05, 3.63) is 77.9 Å². The van der Waals surface area contributed by atoms with Gasteiger partial charge in [0.05, 0.1) is 6.54 Å². The molecule has 8 heteroatoms. The van der Waals surface area contributed by atoms with Crippen LogP contribution in [0.15, 0.2) is 82.4 Å². The van der Waals surface area contributed by atoms with Crippen LogP contribution in [0.4, 0.5) is 5.69 Å². The molecule has 1 aliphatic rings. The molecule has 0 saturated heterocycles. The summed E-state index contributed by atoms with van der Waals surface area (Å²) in [6.07, 6.45) is 16.1. The molecule has 39 heavy (non-hydrogen) atoms. The average molecular weight is 550 g/mol. The molecule has 1 aliphatic heterocycles. The van der Waals surface area contributed by atoms with Crippen LogP contribution >= 0.6 is 11.8 Å². The SMILES string of the molecule is C/C=C\C=C(/C)C(=O)N(C)C(=N[C@H](C=O)CC(C)C)Nc1ccc(CCNC2=NC/C=C\C=C/C(C)S2)cc1. The minimum absolute atomic E-state index is 0.192. The molecule has 1 amide bonds. The van der Waals surface area contributed by atoms with Gasteiger partial charge in [0.2, 0.25) is 5.96 Å². The van der Waals surface area contributed by atoms with Crippen LogP contribution in [0.25, 0.3) is 0 Å². The second-order valence-electron chi connectivity index (χ2n) is 9.81. The lowest BCUT2D eigenvalue weighted by molar-refractivity contribution is -0.122. The molecular formula is C31H43N5O2S. The summed E-state index contributed by atoms with van der Waals surface area (Å²) in [5.74, 6) is 0.442. The Kier molecular flexibility index (Phi) is 14.1. The van der Waals surface area contributed by atoms with Gasteiger partial charge in [-0.05, 0) is 57.2 Å². The lowest BCUT2D eigenvalue weighted by atomic mass is 10.1. The van der Waals surface area contributed by atoms with E-state index < -0.39 is 6.04 Å². The fourth-order valence-corrected chi connectivity index (χ4v) is 4.55. The van der Waals surface area contributed by atoms with Gasteiger partial charge in [0.15, 0.2) is 5.17 Å². The van der Waals surface area contributed by atoms with Crippen molar-refractivity contribution in [2.75, 3.05) is 25.5 Å². The second kappa shape index (κ2) is 17.2. The van der Waals surface area contributed by atoms with Crippen molar-refractivity contribution in [3.63, 3.8) is 0 Å². The van der Waals surface area contributed by atoms with Crippen molar-refractivity contribution in [1.82, 2.24) is 10.2 Å². The number of thioether (sulfide) groups is 1. The third-order valence-electron chi connectivity index (χ3n) is 5.82. The van der Waals surface area contributed by atoms with E-state index in [-0.39, 0.29) is 5.91 Å². The lowest BCUT2D eigenvalue weighted by Gasteiger charge is -2.23. The molecule has 0 bridgehead atoms. The predicted molar refractivity (Wildman–Crippen MR) is 167 cm³/mol. The number of carbonyl (C=O) groups is 2. The molecule has 210 valence electrons. The zero-order chi connectivity index (χ0) is 28.6. The number of amidine groups is 1. The maximum Gasteiger partial charge on any atom is 0.255 e. The summed E-state index contributed by atoms with van der Waals surface area (Å²) in [6, 6.07) is 7.50. The Balaban J connectivity index is 2.11. The van der Waals surface area contributed by atoms with Crippen LogP contribution in [0.1, 0.15) is 46.6 Å². The smallest absolute Gasteiger partial charge is 0.255 e. The number of rotatable bonds is 10. The number of carbonyl (C=O) groups excluding carboxylic acids is 2. The Labute approximate surface area is 238 Å². The number of nitrogens with zero attached hydrogens (tertiary/aromatic N) is 3. The number of anilines is 1. The molecule has 0 radical (unpaired) electrons. The molecule has 7 nitrogen and oxygen atoms in total. The number of allylic oxidation sites excluding steroid dienone is 5. The largest absolute Gasteiger partial charge is 0.365 e. The summed E-state index contributed by atoms with van der Waals surface area (Å²) in [7, 11) is 1.67. The highest BCUT2D eigenvalue weighted by Crippen LogP contribution is 2.16. The minimum atomic E-state index is -0.542. The molecule has 0 aliphatic carbocycles. The second-order valence-corrected chi connectivity index (χ2v) is 11.2. The van der Waals surface area contributed by atoms with Crippen molar-refractivity contribution >= 4 is 40.8 Å². The standard InChI is InChI=1S/C31H43N5O2S/c1-7-8-12-24(4)29(38)36(6)30(35-28(22-37)21-23(2)3)34-27-16-14-26(15-17-27)18-20-33-31-32-19-11-9-10-13-25(5)39-31/h7-17,22-23,25,28H,18-21H2,1-6H3,(H,32,33)(H,34,35)/b8-7-,11-9-,13-10-,24-12+/t25?,28-/m0/s1. The molecule has 0 spiro atoms. The van der Waals surface area contributed by atoms with E-state index in [1.165, 1.54) is 10.5 Å². The fourth-order valence-electron chi connectivity index (χ4n) is 3.70. The molecular weight excluding hydrogens is 506 g/mol. The third-order valence-corrected chi connectivity index (χ3v) is 6.85. The quantitative estimate of drug-likeness (QED) is 0.127. The van der Waals surface area contributed by atoms with E-state index in [1.807, 2.05) is 57.2 Å².